The van der Waals surface area contributed by atoms with Crippen LogP contribution in [0.25, 0.3) is 0 Å². The molecule has 0 spiro atoms. The summed E-state index contributed by atoms with van der Waals surface area (Å²) >= 11 is 0. The predicted molar refractivity (Wildman–Crippen MR) is 121 cm³/mol. The molecule has 0 bridgehead atoms. The van der Waals surface area contributed by atoms with E-state index in [0.29, 0.717) is 6.61 Å². The number of ether oxygens (including phenoxy) is 1. The minimum absolute atomic E-state index is 0. The van der Waals surface area contributed by atoms with Crippen LogP contribution in [0.2, 0.25) is 0 Å². The molecule has 2 N–H and O–H groups in total. The number of hydrogen-bond donors (Lipinski definition) is 1. The Bertz CT molecular complexity index is 334. The molecule has 1 unspecified atom stereocenters. The summed E-state index contributed by atoms with van der Waals surface area (Å²) < 4.78 is 5.50. The zero-order valence-corrected chi connectivity index (χ0v) is 19.5. The zero-order valence-electron chi connectivity index (χ0n) is 18.7. The number of rotatable bonds is 18. The van der Waals surface area contributed by atoms with Gasteiger partial charge in [-0.15, -0.1) is 12.4 Å². The van der Waals surface area contributed by atoms with Crippen molar-refractivity contribution in [1.82, 2.24) is 0 Å². The average Bonchev–Trinajstić information content (AvgIpc) is 2.62. The Hall–Kier alpha value is -0.280. The van der Waals surface area contributed by atoms with E-state index in [1.165, 1.54) is 70.6 Å². The summed E-state index contributed by atoms with van der Waals surface area (Å²) in [5, 5.41) is 0. The summed E-state index contributed by atoms with van der Waals surface area (Å²) in [5.74, 6) is -0.127. The van der Waals surface area contributed by atoms with Gasteiger partial charge in [-0.1, -0.05) is 97.3 Å². The lowest BCUT2D eigenvalue weighted by atomic mass is 9.82. The third-order valence-electron chi connectivity index (χ3n) is 5.55. The standard InChI is InChI=1S/C23H47NO2.ClH/c1-5-7-9-11-13-14-15-17-19-21(24)23(3,4)22(25)26-20-18-16-12-10-8-6-2;/h21H,5-20,24H2,1-4H3;1H. The van der Waals surface area contributed by atoms with Gasteiger partial charge in [-0.25, -0.2) is 0 Å². The van der Waals surface area contributed by atoms with Gasteiger partial charge in [0.25, 0.3) is 0 Å². The predicted octanol–water partition coefficient (Wildman–Crippen LogP) is 7.20. The van der Waals surface area contributed by atoms with E-state index in [1.54, 1.807) is 0 Å². The van der Waals surface area contributed by atoms with Crippen LogP contribution in [0.15, 0.2) is 0 Å². The van der Waals surface area contributed by atoms with Crippen molar-refractivity contribution in [2.75, 3.05) is 6.61 Å². The molecule has 0 aliphatic carbocycles. The molecule has 0 aromatic rings. The average molecular weight is 406 g/mol. The Balaban J connectivity index is 0. The van der Waals surface area contributed by atoms with Gasteiger partial charge in [-0.05, 0) is 26.7 Å². The van der Waals surface area contributed by atoms with Crippen LogP contribution >= 0.6 is 12.4 Å². The molecule has 164 valence electrons. The molecule has 0 heterocycles. The first kappa shape index (κ1) is 28.9. The molecule has 27 heavy (non-hydrogen) atoms. The van der Waals surface area contributed by atoms with Crippen LogP contribution in [0, 0.1) is 5.41 Å². The van der Waals surface area contributed by atoms with Crippen LogP contribution in [-0.4, -0.2) is 18.6 Å². The molecular formula is C23H48ClNO2. The van der Waals surface area contributed by atoms with Gasteiger partial charge in [0.2, 0.25) is 0 Å². The number of halogens is 1. The molecule has 0 aromatic heterocycles. The fraction of sp³-hybridized carbons (Fsp3) is 0.957. The second-order valence-electron chi connectivity index (χ2n) is 8.50. The first-order valence-electron chi connectivity index (χ1n) is 11.4. The lowest BCUT2D eigenvalue weighted by Gasteiger charge is -2.29. The number of carbonyl (C=O) groups is 1. The SMILES string of the molecule is CCCCCCCCCCC(N)C(C)(C)C(=O)OCCCCCCCC.Cl. The molecule has 1 atom stereocenters. The van der Waals surface area contributed by atoms with Crippen molar-refractivity contribution in [2.24, 2.45) is 11.1 Å². The normalized spacial score (nSPS) is 12.5. The van der Waals surface area contributed by atoms with E-state index in [4.69, 9.17) is 10.5 Å². The lowest BCUT2D eigenvalue weighted by molar-refractivity contribution is -0.155. The summed E-state index contributed by atoms with van der Waals surface area (Å²) in [6.07, 6.45) is 18.5. The molecule has 0 radical (unpaired) electrons. The first-order valence-corrected chi connectivity index (χ1v) is 11.4. The number of esters is 1. The highest BCUT2D eigenvalue weighted by Gasteiger charge is 2.35. The monoisotopic (exact) mass is 405 g/mol. The highest BCUT2D eigenvalue weighted by molar-refractivity contribution is 5.85. The van der Waals surface area contributed by atoms with Crippen molar-refractivity contribution in [2.45, 2.75) is 130 Å². The molecule has 0 aliphatic rings. The van der Waals surface area contributed by atoms with Crippen molar-refractivity contribution in [3.63, 3.8) is 0 Å². The van der Waals surface area contributed by atoms with Crippen molar-refractivity contribution < 1.29 is 9.53 Å². The van der Waals surface area contributed by atoms with Gasteiger partial charge in [-0.2, -0.15) is 0 Å². The maximum Gasteiger partial charge on any atom is 0.313 e. The van der Waals surface area contributed by atoms with Crippen molar-refractivity contribution >= 4 is 18.4 Å². The van der Waals surface area contributed by atoms with Crippen LogP contribution in [0.5, 0.6) is 0 Å². The Morgan fingerprint density at radius 2 is 1.19 bits per heavy atom. The summed E-state index contributed by atoms with van der Waals surface area (Å²) in [5.41, 5.74) is 5.74. The van der Waals surface area contributed by atoms with E-state index in [2.05, 4.69) is 13.8 Å². The van der Waals surface area contributed by atoms with Crippen molar-refractivity contribution in [1.29, 1.82) is 0 Å². The Kier molecular flexibility index (Phi) is 20.4. The maximum absolute atomic E-state index is 12.4. The maximum atomic E-state index is 12.4. The van der Waals surface area contributed by atoms with Gasteiger partial charge < -0.3 is 10.5 Å². The molecule has 0 fully saturated rings. The van der Waals surface area contributed by atoms with Crippen LogP contribution in [-0.2, 0) is 9.53 Å². The summed E-state index contributed by atoms with van der Waals surface area (Å²) in [4.78, 5) is 12.4. The summed E-state index contributed by atoms with van der Waals surface area (Å²) in [6.45, 7) is 8.89. The molecule has 0 amide bonds. The van der Waals surface area contributed by atoms with Gasteiger partial charge in [0.05, 0.1) is 12.0 Å². The molecule has 0 rings (SSSR count). The van der Waals surface area contributed by atoms with Gasteiger partial charge in [0.15, 0.2) is 0 Å². The highest BCUT2D eigenvalue weighted by Crippen LogP contribution is 2.25. The number of hydrogen-bond acceptors (Lipinski definition) is 3. The summed E-state index contributed by atoms with van der Waals surface area (Å²) in [6, 6.07) is -0.111. The van der Waals surface area contributed by atoms with Crippen LogP contribution in [0.3, 0.4) is 0 Å². The number of unbranched alkanes of at least 4 members (excludes halogenated alkanes) is 12. The van der Waals surface area contributed by atoms with Crippen LogP contribution in [0.4, 0.5) is 0 Å². The smallest absolute Gasteiger partial charge is 0.313 e. The van der Waals surface area contributed by atoms with E-state index in [1.807, 2.05) is 13.8 Å². The number of carbonyl (C=O) groups excluding carboxylic acids is 1. The minimum atomic E-state index is -0.580. The molecule has 0 saturated heterocycles. The van der Waals surface area contributed by atoms with Gasteiger partial charge in [0, 0.05) is 6.04 Å². The second kappa shape index (κ2) is 19.1. The Labute approximate surface area is 176 Å². The third kappa shape index (κ3) is 15.3. The van der Waals surface area contributed by atoms with Crippen molar-refractivity contribution in [3.05, 3.63) is 0 Å². The zero-order chi connectivity index (χ0) is 19.7. The second-order valence-corrected chi connectivity index (χ2v) is 8.50. The fourth-order valence-corrected chi connectivity index (χ4v) is 3.24. The molecule has 3 nitrogen and oxygen atoms in total. The van der Waals surface area contributed by atoms with Gasteiger partial charge in [0.1, 0.15) is 0 Å². The van der Waals surface area contributed by atoms with E-state index in [0.717, 1.165) is 25.7 Å². The Morgan fingerprint density at radius 3 is 1.67 bits per heavy atom. The highest BCUT2D eigenvalue weighted by atomic mass is 35.5. The summed E-state index contributed by atoms with van der Waals surface area (Å²) in [7, 11) is 0. The third-order valence-corrected chi connectivity index (χ3v) is 5.55. The molecule has 0 aliphatic heterocycles. The molecule has 0 aromatic carbocycles. The topological polar surface area (TPSA) is 52.3 Å². The Morgan fingerprint density at radius 1 is 0.778 bits per heavy atom. The van der Waals surface area contributed by atoms with E-state index in [9.17, 15) is 4.79 Å². The van der Waals surface area contributed by atoms with E-state index in [-0.39, 0.29) is 24.4 Å². The van der Waals surface area contributed by atoms with Crippen LogP contribution < -0.4 is 5.73 Å². The largest absolute Gasteiger partial charge is 0.465 e. The quantitative estimate of drug-likeness (QED) is 0.194. The molecular weight excluding hydrogens is 358 g/mol. The molecule has 4 heteroatoms. The lowest BCUT2D eigenvalue weighted by Crippen LogP contribution is -2.44. The first-order chi connectivity index (χ1) is 12.5. The van der Waals surface area contributed by atoms with Gasteiger partial charge >= 0.3 is 5.97 Å². The molecule has 0 saturated carbocycles. The van der Waals surface area contributed by atoms with E-state index >= 15 is 0 Å². The number of nitrogens with two attached hydrogens (primary N) is 1. The van der Waals surface area contributed by atoms with E-state index < -0.39 is 5.41 Å². The minimum Gasteiger partial charge on any atom is -0.465 e. The fourth-order valence-electron chi connectivity index (χ4n) is 3.24. The van der Waals surface area contributed by atoms with Gasteiger partial charge in [-0.3, -0.25) is 4.79 Å². The van der Waals surface area contributed by atoms with Crippen LogP contribution in [0.1, 0.15) is 124 Å². The van der Waals surface area contributed by atoms with Crippen molar-refractivity contribution in [3.8, 4) is 0 Å².